The first-order chi connectivity index (χ1) is 17.4. The lowest BCUT2D eigenvalue weighted by Crippen LogP contribution is -2.46. The van der Waals surface area contributed by atoms with Crippen LogP contribution in [0.3, 0.4) is 0 Å². The Morgan fingerprint density at radius 1 is 1.14 bits per heavy atom. The smallest absolute Gasteiger partial charge is 0.258 e. The first-order valence-corrected chi connectivity index (χ1v) is 12.6. The Kier molecular flexibility index (Phi) is 7.02. The molecule has 2 aliphatic rings. The first-order valence-electron chi connectivity index (χ1n) is 11.8. The number of amides is 1. The predicted molar refractivity (Wildman–Crippen MR) is 142 cm³/mol. The Bertz CT molecular complexity index is 1320. The highest BCUT2D eigenvalue weighted by atomic mass is 35.5. The molecule has 0 aliphatic carbocycles. The third kappa shape index (κ3) is 4.85. The average Bonchev–Trinajstić information content (AvgIpc) is 3.19. The molecule has 2 aliphatic heterocycles. The zero-order valence-corrected chi connectivity index (χ0v) is 21.4. The summed E-state index contributed by atoms with van der Waals surface area (Å²) < 4.78 is 19.6. The number of likely N-dealkylation sites (tertiary alicyclic amines) is 1. The summed E-state index contributed by atoms with van der Waals surface area (Å²) in [6.45, 7) is 3.07. The van der Waals surface area contributed by atoms with Crippen molar-refractivity contribution in [1.82, 2.24) is 9.88 Å². The molecule has 1 aromatic heterocycles. The lowest BCUT2D eigenvalue weighted by atomic mass is 9.74. The first kappa shape index (κ1) is 24.8. The van der Waals surface area contributed by atoms with E-state index in [1.54, 1.807) is 43.6 Å². The Morgan fingerprint density at radius 2 is 1.94 bits per heavy atom. The summed E-state index contributed by atoms with van der Waals surface area (Å²) in [5.74, 6) is 0.371. The lowest BCUT2D eigenvalue weighted by Gasteiger charge is -2.39. The van der Waals surface area contributed by atoms with Gasteiger partial charge >= 0.3 is 0 Å². The van der Waals surface area contributed by atoms with Gasteiger partial charge < -0.3 is 9.64 Å². The molecule has 1 saturated heterocycles. The third-order valence-corrected chi connectivity index (χ3v) is 7.62. The van der Waals surface area contributed by atoms with E-state index >= 15 is 0 Å². The zero-order valence-electron chi connectivity index (χ0n) is 19.9. The minimum absolute atomic E-state index is 0.0852. The van der Waals surface area contributed by atoms with Gasteiger partial charge in [-0.05, 0) is 74.0 Å². The number of piperidine rings is 1. The van der Waals surface area contributed by atoms with Gasteiger partial charge in [-0.2, -0.15) is 0 Å². The second-order valence-corrected chi connectivity index (χ2v) is 10.1. The van der Waals surface area contributed by atoms with E-state index in [9.17, 15) is 9.18 Å². The lowest BCUT2D eigenvalue weighted by molar-refractivity contribution is 0.0977. The molecule has 1 spiro atoms. The highest BCUT2D eigenvalue weighted by Crippen LogP contribution is 2.48. The number of ether oxygens (including phenoxy) is 1. The van der Waals surface area contributed by atoms with Gasteiger partial charge in [-0.15, -0.1) is 0 Å². The topological polar surface area (TPSA) is 45.7 Å². The summed E-state index contributed by atoms with van der Waals surface area (Å²) in [5.41, 5.74) is 2.95. The molecule has 0 unspecified atom stereocenters. The fourth-order valence-corrected chi connectivity index (χ4v) is 5.54. The van der Waals surface area contributed by atoms with Crippen molar-refractivity contribution < 1.29 is 13.9 Å². The van der Waals surface area contributed by atoms with Crippen LogP contribution in [0, 0.1) is 5.82 Å². The van der Waals surface area contributed by atoms with E-state index in [0.717, 1.165) is 49.5 Å². The zero-order chi connectivity index (χ0) is 25.3. The standard InChI is InChI=1S/C28H26Cl2FN3O2/c1-36-22-6-7-25-23(17-22)28(18-34(25)27(35)20-8-11-32-26(30)15-20)9-13-33(14-10-28)12-2-3-19-4-5-21(29)16-24(19)31/h2-8,11,15-17H,9-10,12-14,18H2,1H3/b3-2+. The maximum atomic E-state index is 14.1. The highest BCUT2D eigenvalue weighted by molar-refractivity contribution is 6.30. The van der Waals surface area contributed by atoms with E-state index in [2.05, 4.69) is 16.0 Å². The average molecular weight is 526 g/mol. The van der Waals surface area contributed by atoms with Gasteiger partial charge in [0.05, 0.1) is 7.11 Å². The number of halogens is 3. The number of benzene rings is 2. The van der Waals surface area contributed by atoms with Gasteiger partial charge in [0, 0.05) is 46.5 Å². The van der Waals surface area contributed by atoms with E-state index in [0.29, 0.717) is 27.8 Å². The number of carbonyl (C=O) groups excluding carboxylic acids is 1. The molecular weight excluding hydrogens is 500 g/mol. The van der Waals surface area contributed by atoms with Gasteiger partial charge in [0.15, 0.2) is 0 Å². The fraction of sp³-hybridized carbons (Fsp3) is 0.286. The van der Waals surface area contributed by atoms with Crippen LogP contribution in [-0.2, 0) is 5.41 Å². The maximum Gasteiger partial charge on any atom is 0.258 e. The summed E-state index contributed by atoms with van der Waals surface area (Å²) in [7, 11) is 1.66. The van der Waals surface area contributed by atoms with Crippen LogP contribution >= 0.6 is 23.2 Å². The monoisotopic (exact) mass is 525 g/mol. The predicted octanol–water partition coefficient (Wildman–Crippen LogP) is 6.24. The van der Waals surface area contributed by atoms with Crippen molar-refractivity contribution in [1.29, 1.82) is 0 Å². The molecule has 3 aromatic rings. The SMILES string of the molecule is COc1ccc2c(c1)C1(CCN(C/C=C/c3ccc(Cl)cc3F)CC1)CN2C(=O)c1ccnc(Cl)c1. The van der Waals surface area contributed by atoms with Gasteiger partial charge in [0.25, 0.3) is 5.91 Å². The second kappa shape index (κ2) is 10.2. The Balaban J connectivity index is 1.33. The number of carbonyl (C=O) groups is 1. The van der Waals surface area contributed by atoms with Crippen molar-refractivity contribution >= 4 is 40.9 Å². The van der Waals surface area contributed by atoms with E-state index in [1.165, 1.54) is 6.07 Å². The van der Waals surface area contributed by atoms with E-state index in [4.69, 9.17) is 27.9 Å². The van der Waals surface area contributed by atoms with Gasteiger partial charge in [-0.1, -0.05) is 41.4 Å². The molecule has 1 fully saturated rings. The molecule has 5 nitrogen and oxygen atoms in total. The number of aromatic nitrogens is 1. The molecule has 1 amide bonds. The van der Waals surface area contributed by atoms with Gasteiger partial charge in [0.2, 0.25) is 0 Å². The molecule has 0 atom stereocenters. The van der Waals surface area contributed by atoms with Crippen molar-refractivity contribution in [2.45, 2.75) is 18.3 Å². The Morgan fingerprint density at radius 3 is 2.67 bits per heavy atom. The van der Waals surface area contributed by atoms with Crippen molar-refractivity contribution in [3.63, 3.8) is 0 Å². The van der Waals surface area contributed by atoms with Gasteiger partial charge in [-0.25, -0.2) is 9.37 Å². The molecular formula is C28H26Cl2FN3O2. The van der Waals surface area contributed by atoms with Gasteiger partial charge in [-0.3, -0.25) is 9.69 Å². The van der Waals surface area contributed by atoms with Crippen LogP contribution < -0.4 is 9.64 Å². The molecule has 0 bridgehead atoms. The highest BCUT2D eigenvalue weighted by Gasteiger charge is 2.46. The second-order valence-electron chi connectivity index (χ2n) is 9.29. The molecule has 8 heteroatoms. The summed E-state index contributed by atoms with van der Waals surface area (Å²) in [4.78, 5) is 21.7. The van der Waals surface area contributed by atoms with Crippen LogP contribution in [0.4, 0.5) is 10.1 Å². The van der Waals surface area contributed by atoms with Gasteiger partial charge in [0.1, 0.15) is 16.7 Å². The molecule has 5 rings (SSSR count). The minimum atomic E-state index is -0.326. The number of fused-ring (bicyclic) bond motifs is 2. The summed E-state index contributed by atoms with van der Waals surface area (Å²) in [6.07, 6.45) is 7.14. The van der Waals surface area contributed by atoms with Crippen molar-refractivity contribution in [3.8, 4) is 5.75 Å². The summed E-state index contributed by atoms with van der Waals surface area (Å²) in [6, 6.07) is 13.9. The molecule has 3 heterocycles. The number of hydrogen-bond donors (Lipinski definition) is 0. The van der Waals surface area contributed by atoms with E-state index in [-0.39, 0.29) is 17.1 Å². The normalized spacial score (nSPS) is 17.1. The summed E-state index contributed by atoms with van der Waals surface area (Å²) >= 11 is 11.9. The number of pyridine rings is 1. The van der Waals surface area contributed by atoms with Crippen molar-refractivity contribution in [3.05, 3.63) is 93.5 Å². The third-order valence-electron chi connectivity index (χ3n) is 7.18. The van der Waals surface area contributed by atoms with Crippen LogP contribution in [0.2, 0.25) is 10.2 Å². The van der Waals surface area contributed by atoms with Crippen LogP contribution in [0.25, 0.3) is 6.08 Å². The number of methoxy groups -OCH3 is 1. The number of nitrogens with zero attached hydrogens (tertiary/aromatic N) is 3. The molecule has 0 N–H and O–H groups in total. The Labute approximate surface area is 220 Å². The number of anilines is 1. The van der Waals surface area contributed by atoms with Crippen LogP contribution in [-0.4, -0.2) is 49.1 Å². The van der Waals surface area contributed by atoms with Crippen LogP contribution in [0.5, 0.6) is 5.75 Å². The number of hydrogen-bond acceptors (Lipinski definition) is 4. The van der Waals surface area contributed by atoms with Crippen LogP contribution in [0.15, 0.2) is 60.8 Å². The number of rotatable bonds is 5. The van der Waals surface area contributed by atoms with E-state index < -0.39 is 0 Å². The minimum Gasteiger partial charge on any atom is -0.497 e. The quantitative estimate of drug-likeness (QED) is 0.369. The molecule has 36 heavy (non-hydrogen) atoms. The summed E-state index contributed by atoms with van der Waals surface area (Å²) in [5, 5.41) is 0.684. The van der Waals surface area contributed by atoms with Crippen LogP contribution in [0.1, 0.15) is 34.3 Å². The fourth-order valence-electron chi connectivity index (χ4n) is 5.20. The molecule has 186 valence electrons. The molecule has 2 aromatic carbocycles. The largest absolute Gasteiger partial charge is 0.497 e. The molecule has 0 radical (unpaired) electrons. The Hall–Kier alpha value is -2.93. The molecule has 0 saturated carbocycles. The maximum absolute atomic E-state index is 14.1. The van der Waals surface area contributed by atoms with Crippen molar-refractivity contribution in [2.75, 3.05) is 38.2 Å². The van der Waals surface area contributed by atoms with Crippen molar-refractivity contribution in [2.24, 2.45) is 0 Å². The van der Waals surface area contributed by atoms with E-state index in [1.807, 2.05) is 23.1 Å².